The molecule has 0 aromatic heterocycles. The largest absolute Gasteiger partial charge is 0.492 e. The standard InChI is InChI=1S/C14H22N2O2/c1-12(2)16(3)14(17)11-15-9-10-18-13-7-5-4-6-8-13/h4-8,12,15H,9-11H2,1-3H3. The lowest BCUT2D eigenvalue weighted by molar-refractivity contribution is -0.130. The molecule has 0 saturated heterocycles. The van der Waals surface area contributed by atoms with Crippen LogP contribution in [-0.4, -0.2) is 43.6 Å². The Labute approximate surface area is 109 Å². The van der Waals surface area contributed by atoms with Crippen LogP contribution in [0.3, 0.4) is 0 Å². The molecule has 0 aliphatic heterocycles. The van der Waals surface area contributed by atoms with Crippen LogP contribution in [0.1, 0.15) is 13.8 Å². The van der Waals surface area contributed by atoms with Crippen molar-refractivity contribution in [2.75, 3.05) is 26.7 Å². The molecule has 1 aromatic carbocycles. The molecule has 100 valence electrons. The van der Waals surface area contributed by atoms with Crippen molar-refractivity contribution in [2.24, 2.45) is 0 Å². The van der Waals surface area contributed by atoms with Crippen molar-refractivity contribution in [3.8, 4) is 5.75 Å². The number of ether oxygens (including phenoxy) is 1. The minimum atomic E-state index is 0.102. The number of rotatable bonds is 7. The van der Waals surface area contributed by atoms with E-state index >= 15 is 0 Å². The predicted molar refractivity (Wildman–Crippen MR) is 72.7 cm³/mol. The van der Waals surface area contributed by atoms with Gasteiger partial charge in [0.2, 0.25) is 5.91 Å². The fourth-order valence-electron chi connectivity index (χ4n) is 1.37. The minimum Gasteiger partial charge on any atom is -0.492 e. The molecule has 0 saturated carbocycles. The minimum absolute atomic E-state index is 0.102. The Morgan fingerprint density at radius 3 is 2.61 bits per heavy atom. The topological polar surface area (TPSA) is 41.6 Å². The number of nitrogens with one attached hydrogen (secondary N) is 1. The second kappa shape index (κ2) is 7.71. The molecule has 0 spiro atoms. The molecule has 1 aromatic rings. The molecule has 1 rings (SSSR count). The monoisotopic (exact) mass is 250 g/mol. The zero-order valence-corrected chi connectivity index (χ0v) is 11.3. The highest BCUT2D eigenvalue weighted by Gasteiger charge is 2.10. The summed E-state index contributed by atoms with van der Waals surface area (Å²) in [7, 11) is 1.81. The van der Waals surface area contributed by atoms with Gasteiger partial charge in [0.1, 0.15) is 12.4 Å². The van der Waals surface area contributed by atoms with E-state index in [4.69, 9.17) is 4.74 Å². The predicted octanol–water partition coefficient (Wildman–Crippen LogP) is 1.52. The van der Waals surface area contributed by atoms with Crippen LogP contribution < -0.4 is 10.1 Å². The number of likely N-dealkylation sites (N-methyl/N-ethyl adjacent to an activating group) is 1. The summed E-state index contributed by atoms with van der Waals surface area (Å²) in [4.78, 5) is 13.4. The Bertz CT molecular complexity index is 352. The number of hydrogen-bond acceptors (Lipinski definition) is 3. The Morgan fingerprint density at radius 1 is 1.33 bits per heavy atom. The quantitative estimate of drug-likeness (QED) is 0.746. The summed E-state index contributed by atoms with van der Waals surface area (Å²) >= 11 is 0. The van der Waals surface area contributed by atoms with Crippen LogP contribution in [-0.2, 0) is 4.79 Å². The van der Waals surface area contributed by atoms with Gasteiger partial charge in [-0.1, -0.05) is 18.2 Å². The molecule has 1 N–H and O–H groups in total. The van der Waals surface area contributed by atoms with Crippen LogP contribution in [0.5, 0.6) is 5.75 Å². The van der Waals surface area contributed by atoms with E-state index in [1.807, 2.05) is 51.2 Å². The highest BCUT2D eigenvalue weighted by atomic mass is 16.5. The summed E-state index contributed by atoms with van der Waals surface area (Å²) in [5, 5.41) is 3.07. The summed E-state index contributed by atoms with van der Waals surface area (Å²) in [5.74, 6) is 0.953. The van der Waals surface area contributed by atoms with Crippen molar-refractivity contribution in [2.45, 2.75) is 19.9 Å². The zero-order valence-electron chi connectivity index (χ0n) is 11.3. The van der Waals surface area contributed by atoms with E-state index in [9.17, 15) is 4.79 Å². The molecule has 0 bridgehead atoms. The molecular weight excluding hydrogens is 228 g/mol. The average Bonchev–Trinajstić information content (AvgIpc) is 2.38. The lowest BCUT2D eigenvalue weighted by Gasteiger charge is -2.21. The van der Waals surface area contributed by atoms with Gasteiger partial charge in [-0.3, -0.25) is 4.79 Å². The lowest BCUT2D eigenvalue weighted by atomic mass is 10.3. The maximum Gasteiger partial charge on any atom is 0.236 e. The average molecular weight is 250 g/mol. The Kier molecular flexibility index (Phi) is 6.22. The maximum atomic E-state index is 11.6. The van der Waals surface area contributed by atoms with Crippen molar-refractivity contribution in [3.63, 3.8) is 0 Å². The third-order valence-corrected chi connectivity index (χ3v) is 2.73. The Morgan fingerprint density at radius 2 is 2.00 bits per heavy atom. The SMILES string of the molecule is CC(C)N(C)C(=O)CNCCOc1ccccc1. The first-order valence-corrected chi connectivity index (χ1v) is 6.25. The molecule has 18 heavy (non-hydrogen) atoms. The second-order valence-electron chi connectivity index (χ2n) is 4.44. The van der Waals surface area contributed by atoms with Crippen molar-refractivity contribution >= 4 is 5.91 Å². The number of carbonyl (C=O) groups excluding carboxylic acids is 1. The summed E-state index contributed by atoms with van der Waals surface area (Å²) in [6.45, 7) is 5.56. The van der Waals surface area contributed by atoms with Crippen LogP contribution in [0.2, 0.25) is 0 Å². The smallest absolute Gasteiger partial charge is 0.236 e. The number of hydrogen-bond donors (Lipinski definition) is 1. The van der Waals surface area contributed by atoms with Crippen molar-refractivity contribution in [1.29, 1.82) is 0 Å². The van der Waals surface area contributed by atoms with Gasteiger partial charge in [-0.15, -0.1) is 0 Å². The van der Waals surface area contributed by atoms with E-state index in [0.717, 1.165) is 5.75 Å². The second-order valence-corrected chi connectivity index (χ2v) is 4.44. The Balaban J connectivity index is 2.11. The highest BCUT2D eigenvalue weighted by molar-refractivity contribution is 5.78. The molecule has 0 unspecified atom stereocenters. The van der Waals surface area contributed by atoms with Crippen LogP contribution >= 0.6 is 0 Å². The maximum absolute atomic E-state index is 11.6. The summed E-state index contributed by atoms with van der Waals surface area (Å²) in [5.41, 5.74) is 0. The van der Waals surface area contributed by atoms with Gasteiger partial charge in [0.15, 0.2) is 0 Å². The zero-order chi connectivity index (χ0) is 13.4. The van der Waals surface area contributed by atoms with Gasteiger partial charge >= 0.3 is 0 Å². The lowest BCUT2D eigenvalue weighted by Crippen LogP contribution is -2.40. The molecule has 0 heterocycles. The van der Waals surface area contributed by atoms with E-state index in [-0.39, 0.29) is 11.9 Å². The van der Waals surface area contributed by atoms with Gasteiger partial charge in [-0.25, -0.2) is 0 Å². The molecule has 0 aliphatic carbocycles. The van der Waals surface area contributed by atoms with Gasteiger partial charge in [-0.05, 0) is 26.0 Å². The molecule has 0 radical (unpaired) electrons. The molecular formula is C14H22N2O2. The fourth-order valence-corrected chi connectivity index (χ4v) is 1.37. The van der Waals surface area contributed by atoms with Crippen LogP contribution in [0.25, 0.3) is 0 Å². The van der Waals surface area contributed by atoms with Gasteiger partial charge in [-0.2, -0.15) is 0 Å². The van der Waals surface area contributed by atoms with E-state index in [0.29, 0.717) is 19.7 Å². The third-order valence-electron chi connectivity index (χ3n) is 2.73. The summed E-state index contributed by atoms with van der Waals surface area (Å²) in [6, 6.07) is 9.88. The number of nitrogens with zero attached hydrogens (tertiary/aromatic N) is 1. The van der Waals surface area contributed by atoms with E-state index in [1.165, 1.54) is 0 Å². The van der Waals surface area contributed by atoms with Crippen molar-refractivity contribution in [3.05, 3.63) is 30.3 Å². The summed E-state index contributed by atoms with van der Waals surface area (Å²) in [6.07, 6.45) is 0. The first kappa shape index (κ1) is 14.5. The number of amides is 1. The van der Waals surface area contributed by atoms with Crippen LogP contribution in [0, 0.1) is 0 Å². The van der Waals surface area contributed by atoms with E-state index in [1.54, 1.807) is 4.90 Å². The molecule has 0 aliphatic rings. The number of para-hydroxylation sites is 1. The van der Waals surface area contributed by atoms with E-state index in [2.05, 4.69) is 5.32 Å². The van der Waals surface area contributed by atoms with Gasteiger partial charge in [0.25, 0.3) is 0 Å². The first-order valence-electron chi connectivity index (χ1n) is 6.25. The van der Waals surface area contributed by atoms with Gasteiger partial charge in [0, 0.05) is 19.6 Å². The van der Waals surface area contributed by atoms with Gasteiger partial charge in [0.05, 0.1) is 6.54 Å². The molecule has 0 atom stereocenters. The van der Waals surface area contributed by atoms with Gasteiger partial charge < -0.3 is 15.0 Å². The molecule has 4 nitrogen and oxygen atoms in total. The summed E-state index contributed by atoms with van der Waals surface area (Å²) < 4.78 is 5.51. The number of benzene rings is 1. The normalized spacial score (nSPS) is 10.4. The van der Waals surface area contributed by atoms with Crippen LogP contribution in [0.4, 0.5) is 0 Å². The van der Waals surface area contributed by atoms with E-state index < -0.39 is 0 Å². The molecule has 4 heteroatoms. The van der Waals surface area contributed by atoms with Crippen molar-refractivity contribution < 1.29 is 9.53 Å². The van der Waals surface area contributed by atoms with Crippen molar-refractivity contribution in [1.82, 2.24) is 10.2 Å². The molecule has 1 amide bonds. The fraction of sp³-hybridized carbons (Fsp3) is 0.500. The van der Waals surface area contributed by atoms with Crippen LogP contribution in [0.15, 0.2) is 30.3 Å². The highest BCUT2D eigenvalue weighted by Crippen LogP contribution is 2.07. The Hall–Kier alpha value is -1.55. The first-order chi connectivity index (χ1) is 8.61. The molecule has 0 fully saturated rings. The number of carbonyl (C=O) groups is 1. The third kappa shape index (κ3) is 5.19.